The van der Waals surface area contributed by atoms with E-state index in [4.69, 9.17) is 5.73 Å². The molecule has 0 saturated heterocycles. The van der Waals surface area contributed by atoms with Crippen LogP contribution in [0.3, 0.4) is 0 Å². The van der Waals surface area contributed by atoms with Crippen LogP contribution in [-0.2, 0) is 6.42 Å². The Morgan fingerprint density at radius 3 is 2.06 bits per heavy atom. The summed E-state index contributed by atoms with van der Waals surface area (Å²) in [5.74, 6) is 0.716. The third-order valence-corrected chi connectivity index (χ3v) is 3.53. The first kappa shape index (κ1) is 14.2. The molecule has 0 aromatic heterocycles. The van der Waals surface area contributed by atoms with Gasteiger partial charge in [0, 0.05) is 6.04 Å². The summed E-state index contributed by atoms with van der Waals surface area (Å²) in [6, 6.07) is 11.0. The summed E-state index contributed by atoms with van der Waals surface area (Å²) in [5, 5.41) is 0. The van der Waals surface area contributed by atoms with Crippen LogP contribution in [0.2, 0.25) is 0 Å². The fourth-order valence-corrected chi connectivity index (χ4v) is 2.53. The van der Waals surface area contributed by atoms with Crippen molar-refractivity contribution in [2.45, 2.75) is 58.4 Å². The Morgan fingerprint density at radius 1 is 0.941 bits per heavy atom. The molecule has 1 aromatic rings. The number of hydrogen-bond acceptors (Lipinski definition) is 1. The van der Waals surface area contributed by atoms with Crippen molar-refractivity contribution in [3.05, 3.63) is 35.9 Å². The van der Waals surface area contributed by atoms with Crippen LogP contribution in [0.1, 0.15) is 51.5 Å². The highest BCUT2D eigenvalue weighted by molar-refractivity contribution is 5.14. The monoisotopic (exact) mass is 233 g/mol. The molecular formula is C16H27N. The summed E-state index contributed by atoms with van der Waals surface area (Å²) >= 11 is 0. The SMILES string of the molecule is CCCC(CCC)C(N)CCc1ccccc1. The Labute approximate surface area is 106 Å². The van der Waals surface area contributed by atoms with E-state index >= 15 is 0 Å². The predicted molar refractivity (Wildman–Crippen MR) is 76.0 cm³/mol. The number of aryl methyl sites for hydroxylation is 1. The van der Waals surface area contributed by atoms with E-state index in [2.05, 4.69) is 44.2 Å². The van der Waals surface area contributed by atoms with Crippen LogP contribution >= 0.6 is 0 Å². The van der Waals surface area contributed by atoms with Crippen molar-refractivity contribution >= 4 is 0 Å². The van der Waals surface area contributed by atoms with Gasteiger partial charge in [-0.3, -0.25) is 0 Å². The molecule has 1 unspecified atom stereocenters. The maximum Gasteiger partial charge on any atom is 0.00703 e. The maximum absolute atomic E-state index is 6.34. The summed E-state index contributed by atoms with van der Waals surface area (Å²) < 4.78 is 0. The molecule has 1 aromatic carbocycles. The normalized spacial score (nSPS) is 12.9. The first-order valence-corrected chi connectivity index (χ1v) is 7.07. The minimum Gasteiger partial charge on any atom is -0.327 e. The molecule has 1 atom stereocenters. The Morgan fingerprint density at radius 2 is 1.53 bits per heavy atom. The molecule has 2 N–H and O–H groups in total. The van der Waals surface area contributed by atoms with Gasteiger partial charge >= 0.3 is 0 Å². The molecule has 0 aliphatic rings. The number of nitrogens with two attached hydrogens (primary N) is 1. The molecule has 0 spiro atoms. The lowest BCUT2D eigenvalue weighted by Crippen LogP contribution is -2.30. The van der Waals surface area contributed by atoms with Crippen molar-refractivity contribution in [2.75, 3.05) is 0 Å². The van der Waals surface area contributed by atoms with Crippen molar-refractivity contribution in [3.8, 4) is 0 Å². The van der Waals surface area contributed by atoms with E-state index in [1.54, 1.807) is 0 Å². The maximum atomic E-state index is 6.34. The highest BCUT2D eigenvalue weighted by atomic mass is 14.6. The first-order valence-electron chi connectivity index (χ1n) is 7.07. The van der Waals surface area contributed by atoms with E-state index in [1.807, 2.05) is 0 Å². The van der Waals surface area contributed by atoms with Crippen molar-refractivity contribution in [1.82, 2.24) is 0 Å². The fourth-order valence-electron chi connectivity index (χ4n) is 2.53. The van der Waals surface area contributed by atoms with Crippen molar-refractivity contribution < 1.29 is 0 Å². The lowest BCUT2D eigenvalue weighted by Gasteiger charge is -2.23. The number of rotatable bonds is 8. The highest BCUT2D eigenvalue weighted by Gasteiger charge is 2.15. The van der Waals surface area contributed by atoms with Gasteiger partial charge in [0.05, 0.1) is 0 Å². The predicted octanol–water partition coefficient (Wildman–Crippen LogP) is 4.16. The number of hydrogen-bond donors (Lipinski definition) is 1. The molecule has 0 saturated carbocycles. The molecule has 17 heavy (non-hydrogen) atoms. The van der Waals surface area contributed by atoms with Gasteiger partial charge in [0.25, 0.3) is 0 Å². The van der Waals surface area contributed by atoms with E-state index in [0.717, 1.165) is 12.8 Å². The van der Waals surface area contributed by atoms with Crippen LogP contribution in [-0.4, -0.2) is 6.04 Å². The van der Waals surface area contributed by atoms with Crippen LogP contribution in [0.4, 0.5) is 0 Å². The zero-order valence-corrected chi connectivity index (χ0v) is 11.4. The number of benzene rings is 1. The Balaban J connectivity index is 2.38. The summed E-state index contributed by atoms with van der Waals surface area (Å²) in [4.78, 5) is 0. The van der Waals surface area contributed by atoms with Gasteiger partial charge in [-0.2, -0.15) is 0 Å². The van der Waals surface area contributed by atoms with Gasteiger partial charge < -0.3 is 5.73 Å². The second-order valence-electron chi connectivity index (χ2n) is 5.03. The Bertz CT molecular complexity index is 275. The molecule has 0 heterocycles. The first-order chi connectivity index (χ1) is 8.27. The van der Waals surface area contributed by atoms with Crippen LogP contribution < -0.4 is 5.73 Å². The minimum atomic E-state index is 0.370. The van der Waals surface area contributed by atoms with Crippen LogP contribution in [0.5, 0.6) is 0 Å². The minimum absolute atomic E-state index is 0.370. The lowest BCUT2D eigenvalue weighted by atomic mass is 9.87. The topological polar surface area (TPSA) is 26.0 Å². The second kappa shape index (κ2) is 8.30. The summed E-state index contributed by atoms with van der Waals surface area (Å²) in [6.07, 6.45) is 7.31. The smallest absolute Gasteiger partial charge is 0.00703 e. The zero-order valence-electron chi connectivity index (χ0n) is 11.4. The lowest BCUT2D eigenvalue weighted by molar-refractivity contribution is 0.347. The van der Waals surface area contributed by atoms with Crippen LogP contribution in [0.25, 0.3) is 0 Å². The molecular weight excluding hydrogens is 206 g/mol. The van der Waals surface area contributed by atoms with Gasteiger partial charge in [-0.1, -0.05) is 57.0 Å². The highest BCUT2D eigenvalue weighted by Crippen LogP contribution is 2.19. The molecule has 0 bridgehead atoms. The van der Waals surface area contributed by atoms with Crippen LogP contribution in [0.15, 0.2) is 30.3 Å². The molecule has 0 fully saturated rings. The van der Waals surface area contributed by atoms with E-state index < -0.39 is 0 Å². The van der Waals surface area contributed by atoms with E-state index in [0.29, 0.717) is 12.0 Å². The Kier molecular flexibility index (Phi) is 6.95. The fraction of sp³-hybridized carbons (Fsp3) is 0.625. The molecule has 1 rings (SSSR count). The quantitative estimate of drug-likeness (QED) is 0.716. The average molecular weight is 233 g/mol. The third-order valence-electron chi connectivity index (χ3n) is 3.53. The zero-order chi connectivity index (χ0) is 12.5. The molecule has 96 valence electrons. The second-order valence-corrected chi connectivity index (χ2v) is 5.03. The van der Waals surface area contributed by atoms with E-state index in [-0.39, 0.29) is 0 Å². The van der Waals surface area contributed by atoms with E-state index in [9.17, 15) is 0 Å². The summed E-state index contributed by atoms with van der Waals surface area (Å²) in [5.41, 5.74) is 7.75. The molecule has 0 amide bonds. The summed E-state index contributed by atoms with van der Waals surface area (Å²) in [6.45, 7) is 4.51. The van der Waals surface area contributed by atoms with Gasteiger partial charge in [-0.15, -0.1) is 0 Å². The van der Waals surface area contributed by atoms with Gasteiger partial charge in [0.2, 0.25) is 0 Å². The molecule has 1 nitrogen and oxygen atoms in total. The van der Waals surface area contributed by atoms with Crippen molar-refractivity contribution in [2.24, 2.45) is 11.7 Å². The molecule has 0 aliphatic carbocycles. The van der Waals surface area contributed by atoms with Gasteiger partial charge in [-0.05, 0) is 37.2 Å². The average Bonchev–Trinajstić information content (AvgIpc) is 2.37. The largest absolute Gasteiger partial charge is 0.327 e. The van der Waals surface area contributed by atoms with Crippen molar-refractivity contribution in [1.29, 1.82) is 0 Å². The van der Waals surface area contributed by atoms with Gasteiger partial charge in [0.1, 0.15) is 0 Å². The van der Waals surface area contributed by atoms with Gasteiger partial charge in [-0.25, -0.2) is 0 Å². The van der Waals surface area contributed by atoms with Gasteiger partial charge in [0.15, 0.2) is 0 Å². The van der Waals surface area contributed by atoms with Crippen molar-refractivity contribution in [3.63, 3.8) is 0 Å². The van der Waals surface area contributed by atoms with E-state index in [1.165, 1.54) is 31.2 Å². The van der Waals surface area contributed by atoms with Crippen LogP contribution in [0, 0.1) is 5.92 Å². The summed E-state index contributed by atoms with van der Waals surface area (Å²) in [7, 11) is 0. The molecule has 0 aliphatic heterocycles. The molecule has 0 radical (unpaired) electrons. The Hall–Kier alpha value is -0.820. The third kappa shape index (κ3) is 5.36. The molecule has 1 heteroatoms. The standard InChI is InChI=1S/C16H27N/c1-3-8-15(9-4-2)16(17)13-12-14-10-6-5-7-11-14/h5-7,10-11,15-16H,3-4,8-9,12-13,17H2,1-2H3.